The second-order valence-corrected chi connectivity index (χ2v) is 10.8. The first-order valence-corrected chi connectivity index (χ1v) is 12.7. The van der Waals surface area contributed by atoms with E-state index in [1.54, 1.807) is 6.20 Å². The molecule has 5 rings (SSSR count). The Morgan fingerprint density at radius 1 is 1.09 bits per heavy atom. The van der Waals surface area contributed by atoms with Gasteiger partial charge in [-0.25, -0.2) is 0 Å². The summed E-state index contributed by atoms with van der Waals surface area (Å²) < 4.78 is 0. The fraction of sp³-hybridized carbons (Fsp3) is 0.419. The molecular formula is C31H35NO2. The molecule has 2 aliphatic carbocycles. The SMILES string of the molecule is Cc1ncccc1CC(=O)c1ccc2c(c1)CCC[C@H]1C[C@@](C)(O)CC[C@]21Cc1ccccc1. The Labute approximate surface area is 203 Å². The summed E-state index contributed by atoms with van der Waals surface area (Å²) in [6, 6.07) is 21.2. The summed E-state index contributed by atoms with van der Waals surface area (Å²) in [6.45, 7) is 3.97. The van der Waals surface area contributed by atoms with Crippen LogP contribution in [0.3, 0.4) is 0 Å². The Balaban J connectivity index is 1.52. The number of fused-ring (bicyclic) bond motifs is 3. The van der Waals surface area contributed by atoms with Crippen molar-refractivity contribution in [2.24, 2.45) is 5.92 Å². The van der Waals surface area contributed by atoms with E-state index in [1.807, 2.05) is 26.0 Å². The number of ketones is 1. The van der Waals surface area contributed by atoms with Gasteiger partial charge in [0.25, 0.3) is 0 Å². The molecule has 2 aromatic carbocycles. The highest BCUT2D eigenvalue weighted by Gasteiger charge is 2.49. The van der Waals surface area contributed by atoms with E-state index in [4.69, 9.17) is 0 Å². The van der Waals surface area contributed by atoms with Crippen LogP contribution in [0.4, 0.5) is 0 Å². The van der Waals surface area contributed by atoms with Gasteiger partial charge in [0.2, 0.25) is 0 Å². The van der Waals surface area contributed by atoms with Crippen LogP contribution in [-0.2, 0) is 24.7 Å². The molecule has 34 heavy (non-hydrogen) atoms. The number of Topliss-reactive ketones (excluding diaryl/α,β-unsaturated/α-hetero) is 1. The summed E-state index contributed by atoms with van der Waals surface area (Å²) in [6.07, 6.45) is 9.02. The quantitative estimate of drug-likeness (QED) is 0.469. The number of nitrogens with zero attached hydrogens (tertiary/aromatic N) is 1. The van der Waals surface area contributed by atoms with Gasteiger partial charge in [0.15, 0.2) is 5.78 Å². The molecule has 1 aromatic heterocycles. The summed E-state index contributed by atoms with van der Waals surface area (Å²) in [4.78, 5) is 17.6. The molecule has 1 fully saturated rings. The van der Waals surface area contributed by atoms with Crippen LogP contribution in [-0.4, -0.2) is 21.5 Å². The van der Waals surface area contributed by atoms with Crippen LogP contribution in [0.1, 0.15) is 77.3 Å². The lowest BCUT2D eigenvalue weighted by atomic mass is 9.56. The van der Waals surface area contributed by atoms with E-state index >= 15 is 0 Å². The number of benzene rings is 2. The second-order valence-electron chi connectivity index (χ2n) is 10.8. The first kappa shape index (κ1) is 23.0. The number of aliphatic hydroxyl groups is 1. The molecule has 1 saturated carbocycles. The second kappa shape index (κ2) is 9.11. The lowest BCUT2D eigenvalue weighted by Gasteiger charge is -2.49. The van der Waals surface area contributed by atoms with Crippen LogP contribution in [0, 0.1) is 12.8 Å². The van der Waals surface area contributed by atoms with E-state index in [0.29, 0.717) is 12.3 Å². The molecule has 2 aliphatic rings. The largest absolute Gasteiger partial charge is 0.390 e. The number of aromatic nitrogens is 1. The molecule has 176 valence electrons. The molecule has 3 nitrogen and oxygen atoms in total. The van der Waals surface area contributed by atoms with Gasteiger partial charge in [-0.15, -0.1) is 0 Å². The van der Waals surface area contributed by atoms with Crippen molar-refractivity contribution < 1.29 is 9.90 Å². The number of carbonyl (C=O) groups excluding carboxylic acids is 1. The molecule has 0 amide bonds. The van der Waals surface area contributed by atoms with Gasteiger partial charge in [-0.3, -0.25) is 9.78 Å². The minimum Gasteiger partial charge on any atom is -0.390 e. The molecule has 0 aliphatic heterocycles. The van der Waals surface area contributed by atoms with E-state index in [2.05, 4.69) is 53.5 Å². The van der Waals surface area contributed by atoms with Crippen LogP contribution < -0.4 is 0 Å². The lowest BCUT2D eigenvalue weighted by molar-refractivity contribution is -0.0330. The highest BCUT2D eigenvalue weighted by atomic mass is 16.3. The van der Waals surface area contributed by atoms with Crippen molar-refractivity contribution in [3.05, 3.63) is 100 Å². The van der Waals surface area contributed by atoms with E-state index < -0.39 is 5.60 Å². The third kappa shape index (κ3) is 4.46. The van der Waals surface area contributed by atoms with E-state index in [0.717, 1.165) is 61.8 Å². The Kier molecular flexibility index (Phi) is 6.16. The highest BCUT2D eigenvalue weighted by molar-refractivity contribution is 5.97. The first-order chi connectivity index (χ1) is 16.4. The maximum absolute atomic E-state index is 13.2. The van der Waals surface area contributed by atoms with Crippen LogP contribution in [0.25, 0.3) is 0 Å². The normalized spacial score (nSPS) is 26.3. The molecule has 3 heteroatoms. The van der Waals surface area contributed by atoms with Crippen LogP contribution in [0.15, 0.2) is 66.9 Å². The zero-order chi connectivity index (χ0) is 23.8. The molecule has 3 aromatic rings. The van der Waals surface area contributed by atoms with Crippen molar-refractivity contribution in [3.63, 3.8) is 0 Å². The maximum atomic E-state index is 13.2. The summed E-state index contributed by atoms with van der Waals surface area (Å²) in [5, 5.41) is 11.0. The monoisotopic (exact) mass is 453 g/mol. The third-order valence-corrected chi connectivity index (χ3v) is 8.37. The van der Waals surface area contributed by atoms with Gasteiger partial charge in [0.05, 0.1) is 5.60 Å². The molecular weight excluding hydrogens is 418 g/mol. The maximum Gasteiger partial charge on any atom is 0.167 e. The Morgan fingerprint density at radius 2 is 1.91 bits per heavy atom. The zero-order valence-corrected chi connectivity index (χ0v) is 20.4. The Bertz CT molecular complexity index is 1180. The van der Waals surface area contributed by atoms with Crippen molar-refractivity contribution >= 4 is 5.78 Å². The minimum absolute atomic E-state index is 0.0109. The average Bonchev–Trinajstić information content (AvgIpc) is 2.97. The van der Waals surface area contributed by atoms with Crippen LogP contribution in [0.5, 0.6) is 0 Å². The smallest absolute Gasteiger partial charge is 0.167 e. The first-order valence-electron chi connectivity index (χ1n) is 12.7. The van der Waals surface area contributed by atoms with Gasteiger partial charge < -0.3 is 5.11 Å². The molecule has 0 spiro atoms. The topological polar surface area (TPSA) is 50.2 Å². The molecule has 1 heterocycles. The third-order valence-electron chi connectivity index (χ3n) is 8.37. The lowest BCUT2D eigenvalue weighted by Crippen LogP contribution is -2.47. The van der Waals surface area contributed by atoms with Gasteiger partial charge in [-0.05, 0) is 99.1 Å². The van der Waals surface area contributed by atoms with Gasteiger partial charge in [-0.2, -0.15) is 0 Å². The van der Waals surface area contributed by atoms with Crippen molar-refractivity contribution in [1.29, 1.82) is 0 Å². The van der Waals surface area contributed by atoms with Gasteiger partial charge in [0.1, 0.15) is 0 Å². The summed E-state index contributed by atoms with van der Waals surface area (Å²) >= 11 is 0. The number of rotatable bonds is 5. The molecule has 0 saturated heterocycles. The highest BCUT2D eigenvalue weighted by Crippen LogP contribution is 2.53. The Morgan fingerprint density at radius 3 is 2.71 bits per heavy atom. The molecule has 0 radical (unpaired) electrons. The number of hydrogen-bond acceptors (Lipinski definition) is 3. The molecule has 0 bridgehead atoms. The summed E-state index contributed by atoms with van der Waals surface area (Å²) in [5.41, 5.74) is 6.23. The van der Waals surface area contributed by atoms with Crippen LogP contribution in [0.2, 0.25) is 0 Å². The van der Waals surface area contributed by atoms with Gasteiger partial charge >= 0.3 is 0 Å². The van der Waals surface area contributed by atoms with Crippen molar-refractivity contribution in [2.75, 3.05) is 0 Å². The Hall–Kier alpha value is -2.78. The van der Waals surface area contributed by atoms with E-state index in [-0.39, 0.29) is 11.2 Å². The predicted octanol–water partition coefficient (Wildman–Crippen LogP) is 6.18. The fourth-order valence-corrected chi connectivity index (χ4v) is 6.52. The number of aryl methyl sites for hydroxylation is 2. The number of pyridine rings is 1. The summed E-state index contributed by atoms with van der Waals surface area (Å²) in [5.74, 6) is 0.598. The number of carbonyl (C=O) groups is 1. The van der Waals surface area contributed by atoms with Crippen molar-refractivity contribution in [3.8, 4) is 0 Å². The molecule has 0 unspecified atom stereocenters. The van der Waals surface area contributed by atoms with Gasteiger partial charge in [0, 0.05) is 29.3 Å². The standard InChI is InChI=1S/C31H35NO2/c1-22-24(11-7-17-32-22)19-29(33)26-13-14-28-25(18-26)10-6-12-27-21-30(2,34)15-16-31(27,28)20-23-8-4-3-5-9-23/h3-5,7-9,11,13-14,17-18,27,34H,6,10,12,15-16,19-21H2,1-2H3/t27-,30-,31+/m0/s1. The van der Waals surface area contributed by atoms with E-state index in [1.165, 1.54) is 16.7 Å². The average molecular weight is 454 g/mol. The van der Waals surface area contributed by atoms with Gasteiger partial charge in [-0.1, -0.05) is 48.5 Å². The van der Waals surface area contributed by atoms with Crippen molar-refractivity contribution in [1.82, 2.24) is 4.98 Å². The minimum atomic E-state index is -0.590. The molecule has 1 N–H and O–H groups in total. The van der Waals surface area contributed by atoms with E-state index in [9.17, 15) is 9.90 Å². The van der Waals surface area contributed by atoms with Crippen molar-refractivity contribution in [2.45, 2.75) is 76.2 Å². The summed E-state index contributed by atoms with van der Waals surface area (Å²) in [7, 11) is 0. The molecule has 3 atom stereocenters. The number of hydrogen-bond donors (Lipinski definition) is 1. The zero-order valence-electron chi connectivity index (χ0n) is 20.4. The van der Waals surface area contributed by atoms with Crippen LogP contribution >= 0.6 is 0 Å². The fourth-order valence-electron chi connectivity index (χ4n) is 6.52. The predicted molar refractivity (Wildman–Crippen MR) is 136 cm³/mol.